The molecule has 0 bridgehead atoms. The molecule has 2 heterocycles. The number of ketones is 1. The molecule has 1 aromatic carbocycles. The van der Waals surface area contributed by atoms with Crippen LogP contribution in [0.2, 0.25) is 0 Å². The van der Waals surface area contributed by atoms with E-state index in [0.29, 0.717) is 0 Å². The SMILES string of the molecule is Cc1ncsc1-c1ccc([C@H](CC(=O)C(C)(C)C)NC(=O)[C@@H]2C[C@@H](O)CN2C(=O)[C@@H](NC(=O)C2(F)CC2)C(C)C)cc1. The topological polar surface area (TPSA) is 129 Å². The van der Waals surface area contributed by atoms with Crippen molar-refractivity contribution in [1.82, 2.24) is 20.5 Å². The third-order valence-corrected chi connectivity index (χ3v) is 9.02. The molecule has 4 rings (SSSR count). The maximum Gasteiger partial charge on any atom is 0.258 e. The van der Waals surface area contributed by atoms with Crippen LogP contribution in [0.15, 0.2) is 29.8 Å². The van der Waals surface area contributed by atoms with Gasteiger partial charge in [-0.2, -0.15) is 0 Å². The molecule has 4 atom stereocenters. The number of aliphatic hydroxyl groups excluding tert-OH is 1. The Bertz CT molecular complexity index is 1330. The molecule has 1 saturated carbocycles. The van der Waals surface area contributed by atoms with Crippen molar-refractivity contribution in [3.8, 4) is 10.4 Å². The molecule has 1 aliphatic carbocycles. The van der Waals surface area contributed by atoms with Gasteiger partial charge < -0.3 is 20.6 Å². The normalized spacial score (nSPS) is 21.1. The smallest absolute Gasteiger partial charge is 0.258 e. The quantitative estimate of drug-likeness (QED) is 0.380. The summed E-state index contributed by atoms with van der Waals surface area (Å²) in [6, 6.07) is 4.87. The van der Waals surface area contributed by atoms with Crippen LogP contribution in [0.1, 0.15) is 77.6 Å². The molecule has 2 aliphatic rings. The molecule has 1 aliphatic heterocycles. The lowest BCUT2D eigenvalue weighted by atomic mass is 9.85. The number of hydrogen-bond acceptors (Lipinski definition) is 7. The van der Waals surface area contributed by atoms with E-state index in [-0.39, 0.29) is 43.9 Å². The molecule has 2 fully saturated rings. The number of nitrogens with one attached hydrogen (secondary N) is 2. The number of Topliss-reactive ketones (excluding diaryl/α,β-unsaturated/α-hetero) is 1. The maximum absolute atomic E-state index is 14.4. The van der Waals surface area contributed by atoms with E-state index in [4.69, 9.17) is 0 Å². The van der Waals surface area contributed by atoms with E-state index in [0.717, 1.165) is 21.7 Å². The second-order valence-electron chi connectivity index (χ2n) is 12.9. The maximum atomic E-state index is 14.4. The average Bonchev–Trinajstić information content (AvgIpc) is 3.33. The molecule has 1 aromatic heterocycles. The van der Waals surface area contributed by atoms with Gasteiger partial charge in [-0.15, -0.1) is 11.3 Å². The van der Waals surface area contributed by atoms with Gasteiger partial charge in [0.25, 0.3) is 5.91 Å². The van der Waals surface area contributed by atoms with Gasteiger partial charge >= 0.3 is 0 Å². The predicted molar refractivity (Wildman–Crippen MR) is 158 cm³/mol. The Kier molecular flexibility index (Phi) is 9.22. The van der Waals surface area contributed by atoms with Gasteiger partial charge in [0.1, 0.15) is 17.9 Å². The number of β-amino-alcohol motifs (C(OH)–C–C–N with tert-alkyl or cyclic N) is 1. The fraction of sp³-hybridized carbons (Fsp3) is 0.581. The Labute approximate surface area is 250 Å². The summed E-state index contributed by atoms with van der Waals surface area (Å²) in [5.74, 6) is -2.30. The number of likely N-dealkylation sites (tertiary alicyclic amines) is 1. The van der Waals surface area contributed by atoms with Crippen LogP contribution in [0.25, 0.3) is 10.4 Å². The van der Waals surface area contributed by atoms with Crippen molar-refractivity contribution in [2.24, 2.45) is 11.3 Å². The fourth-order valence-corrected chi connectivity index (χ4v) is 5.87. The number of aliphatic hydroxyl groups is 1. The molecular weight excluding hydrogens is 559 g/mol. The number of thiazole rings is 1. The lowest BCUT2D eigenvalue weighted by Gasteiger charge is -2.32. The number of aryl methyl sites for hydroxylation is 1. The number of benzene rings is 1. The molecule has 2 aromatic rings. The minimum absolute atomic E-state index is 0.00686. The number of aromatic nitrogens is 1. The van der Waals surface area contributed by atoms with Gasteiger partial charge in [0.15, 0.2) is 5.67 Å². The van der Waals surface area contributed by atoms with E-state index in [1.807, 2.05) is 52.0 Å². The van der Waals surface area contributed by atoms with Crippen molar-refractivity contribution >= 4 is 34.8 Å². The minimum Gasteiger partial charge on any atom is -0.391 e. The lowest BCUT2D eigenvalue weighted by molar-refractivity contribution is -0.143. The number of halogens is 1. The molecule has 9 nitrogen and oxygen atoms in total. The highest BCUT2D eigenvalue weighted by atomic mass is 32.1. The molecule has 11 heteroatoms. The fourth-order valence-electron chi connectivity index (χ4n) is 5.06. The van der Waals surface area contributed by atoms with Crippen LogP contribution >= 0.6 is 11.3 Å². The second kappa shape index (κ2) is 12.2. The zero-order valence-electron chi connectivity index (χ0n) is 25.1. The Morgan fingerprint density at radius 1 is 1.14 bits per heavy atom. The van der Waals surface area contributed by atoms with E-state index >= 15 is 0 Å². The molecule has 0 spiro atoms. The van der Waals surface area contributed by atoms with E-state index in [9.17, 15) is 28.7 Å². The molecule has 228 valence electrons. The van der Waals surface area contributed by atoms with E-state index in [1.54, 1.807) is 19.4 Å². The van der Waals surface area contributed by atoms with Crippen LogP contribution in [0.4, 0.5) is 4.39 Å². The van der Waals surface area contributed by atoms with Crippen molar-refractivity contribution in [3.63, 3.8) is 0 Å². The number of carbonyl (C=O) groups is 4. The second-order valence-corrected chi connectivity index (χ2v) is 13.7. The molecule has 42 heavy (non-hydrogen) atoms. The van der Waals surface area contributed by atoms with E-state index < -0.39 is 53.0 Å². The zero-order chi connectivity index (χ0) is 31.0. The number of nitrogens with zero attached hydrogens (tertiary/aromatic N) is 2. The van der Waals surface area contributed by atoms with Crippen molar-refractivity contribution in [3.05, 3.63) is 41.0 Å². The van der Waals surface area contributed by atoms with Crippen molar-refractivity contribution < 1.29 is 28.7 Å². The van der Waals surface area contributed by atoms with Crippen LogP contribution in [-0.2, 0) is 19.2 Å². The first-order valence-electron chi connectivity index (χ1n) is 14.4. The highest BCUT2D eigenvalue weighted by Gasteiger charge is 2.52. The van der Waals surface area contributed by atoms with Gasteiger partial charge in [0.05, 0.1) is 28.2 Å². The van der Waals surface area contributed by atoms with Crippen LogP contribution in [0, 0.1) is 18.3 Å². The average molecular weight is 601 g/mol. The molecule has 3 N–H and O–H groups in total. The Hall–Kier alpha value is -3.18. The number of hydrogen-bond donors (Lipinski definition) is 3. The first-order chi connectivity index (χ1) is 19.6. The third-order valence-electron chi connectivity index (χ3n) is 8.04. The first kappa shape index (κ1) is 31.7. The predicted octanol–water partition coefficient (Wildman–Crippen LogP) is 3.89. The van der Waals surface area contributed by atoms with Crippen molar-refractivity contribution in [1.29, 1.82) is 0 Å². The first-order valence-corrected chi connectivity index (χ1v) is 15.3. The molecule has 0 radical (unpaired) electrons. The van der Waals surface area contributed by atoms with Gasteiger partial charge in [-0.25, -0.2) is 9.37 Å². The summed E-state index contributed by atoms with van der Waals surface area (Å²) in [5.41, 5.74) is 1.82. The summed E-state index contributed by atoms with van der Waals surface area (Å²) in [7, 11) is 0. The van der Waals surface area contributed by atoms with Gasteiger partial charge in [0.2, 0.25) is 11.8 Å². The monoisotopic (exact) mass is 600 g/mol. The number of rotatable bonds is 10. The minimum atomic E-state index is -1.95. The highest BCUT2D eigenvalue weighted by molar-refractivity contribution is 7.13. The zero-order valence-corrected chi connectivity index (χ0v) is 25.9. The Balaban J connectivity index is 1.56. The van der Waals surface area contributed by atoms with E-state index in [2.05, 4.69) is 15.6 Å². The number of carbonyl (C=O) groups excluding carboxylic acids is 4. The summed E-state index contributed by atoms with van der Waals surface area (Å²) < 4.78 is 14.4. The van der Waals surface area contributed by atoms with Crippen molar-refractivity contribution in [2.75, 3.05) is 6.54 Å². The molecule has 3 amide bonds. The van der Waals surface area contributed by atoms with Crippen LogP contribution in [0.5, 0.6) is 0 Å². The van der Waals surface area contributed by atoms with Crippen molar-refractivity contribution in [2.45, 2.75) is 97.1 Å². The largest absolute Gasteiger partial charge is 0.391 e. The summed E-state index contributed by atoms with van der Waals surface area (Å²) in [6.45, 7) is 10.8. The van der Waals surface area contributed by atoms with Gasteiger partial charge in [-0.05, 0) is 36.8 Å². The molecule has 1 saturated heterocycles. The van der Waals surface area contributed by atoms with Crippen LogP contribution in [-0.4, -0.2) is 68.9 Å². The summed E-state index contributed by atoms with van der Waals surface area (Å²) in [6.07, 6.45) is -0.663. The molecular formula is C31H41FN4O5S. The Morgan fingerprint density at radius 2 is 1.79 bits per heavy atom. The third kappa shape index (κ3) is 7.06. The Morgan fingerprint density at radius 3 is 2.31 bits per heavy atom. The van der Waals surface area contributed by atoms with E-state index in [1.165, 1.54) is 16.2 Å². The molecule has 0 unspecified atom stereocenters. The van der Waals surface area contributed by atoms with Gasteiger partial charge in [-0.3, -0.25) is 19.2 Å². The lowest BCUT2D eigenvalue weighted by Crippen LogP contribution is -2.56. The number of alkyl halides is 1. The summed E-state index contributed by atoms with van der Waals surface area (Å²) >= 11 is 1.53. The number of amides is 3. The van der Waals surface area contributed by atoms with Crippen LogP contribution in [0.3, 0.4) is 0 Å². The summed E-state index contributed by atoms with van der Waals surface area (Å²) in [5, 5.41) is 16.0. The standard InChI is InChI=1S/C31H41FN4O5S/c1-17(2)25(35-29(41)31(32)11-12-31)28(40)36-15-21(37)13-23(36)27(39)34-22(14-24(38)30(4,5)6)19-7-9-20(10-8-19)26-18(3)33-16-42-26/h7-10,16-17,21-23,25,37H,11-15H2,1-6H3,(H,34,39)(H,35,41)/t21-,22+,23+,25+/m1/s1. The highest BCUT2D eigenvalue weighted by Crippen LogP contribution is 2.40. The summed E-state index contributed by atoms with van der Waals surface area (Å²) in [4.78, 5) is 59.5. The van der Waals surface area contributed by atoms with Crippen LogP contribution < -0.4 is 10.6 Å². The van der Waals surface area contributed by atoms with Gasteiger partial charge in [-0.1, -0.05) is 58.9 Å². The van der Waals surface area contributed by atoms with Gasteiger partial charge in [0, 0.05) is 24.8 Å².